The lowest BCUT2D eigenvalue weighted by molar-refractivity contribution is -0.127. The molecule has 0 fully saturated rings. The molecule has 178 valence electrons. The Balaban J connectivity index is 1.47. The number of rotatable bonds is 7. The molecule has 4 rings (SSSR count). The van der Waals surface area contributed by atoms with Gasteiger partial charge in [-0.05, 0) is 73.9 Å². The molecule has 0 saturated carbocycles. The fraction of sp³-hybridized carbons (Fsp3) is 0.269. The molecule has 0 radical (unpaired) electrons. The van der Waals surface area contributed by atoms with Crippen LogP contribution in [-0.4, -0.2) is 40.1 Å². The largest absolute Gasteiger partial charge is 0.492 e. The molecule has 1 aliphatic rings. The van der Waals surface area contributed by atoms with Crippen LogP contribution in [0.1, 0.15) is 16.7 Å². The van der Waals surface area contributed by atoms with Crippen molar-refractivity contribution in [1.29, 1.82) is 0 Å². The van der Waals surface area contributed by atoms with E-state index in [0.29, 0.717) is 11.4 Å². The normalized spacial score (nSPS) is 15.3. The van der Waals surface area contributed by atoms with Crippen LogP contribution in [0.25, 0.3) is 0 Å². The highest BCUT2D eigenvalue weighted by molar-refractivity contribution is 7.92. The van der Waals surface area contributed by atoms with E-state index in [9.17, 15) is 13.2 Å². The number of carbonyl (C=O) groups is 1. The van der Waals surface area contributed by atoms with E-state index < -0.39 is 22.0 Å². The second-order valence-electron chi connectivity index (χ2n) is 8.39. The summed E-state index contributed by atoms with van der Waals surface area (Å²) in [4.78, 5) is 13.0. The lowest BCUT2D eigenvalue weighted by atomic mass is 10.1. The summed E-state index contributed by atoms with van der Waals surface area (Å²) in [6, 6.07) is 19.4. The number of aryl methyl sites for hydroxylation is 3. The van der Waals surface area contributed by atoms with Gasteiger partial charge in [-0.2, -0.15) is 0 Å². The van der Waals surface area contributed by atoms with Crippen LogP contribution in [0.5, 0.6) is 11.5 Å². The molecule has 0 bridgehead atoms. The molecular formula is C26H28N2O5S. The molecule has 1 atom stereocenters. The molecule has 1 amide bonds. The van der Waals surface area contributed by atoms with Gasteiger partial charge < -0.3 is 14.8 Å². The summed E-state index contributed by atoms with van der Waals surface area (Å²) in [7, 11) is -3.88. The van der Waals surface area contributed by atoms with Crippen LogP contribution in [0.3, 0.4) is 0 Å². The van der Waals surface area contributed by atoms with E-state index in [0.717, 1.165) is 22.4 Å². The Hall–Kier alpha value is -3.52. The van der Waals surface area contributed by atoms with Gasteiger partial charge in [-0.25, -0.2) is 8.42 Å². The highest BCUT2D eigenvalue weighted by Gasteiger charge is 2.37. The third-order valence-corrected chi connectivity index (χ3v) is 7.27. The first-order valence-electron chi connectivity index (χ1n) is 11.1. The van der Waals surface area contributed by atoms with Crippen LogP contribution in [0.4, 0.5) is 5.69 Å². The van der Waals surface area contributed by atoms with Crippen molar-refractivity contribution in [2.45, 2.75) is 31.8 Å². The number of nitrogens with one attached hydrogen (secondary N) is 1. The molecule has 3 aromatic rings. The van der Waals surface area contributed by atoms with Crippen molar-refractivity contribution < 1.29 is 22.7 Å². The van der Waals surface area contributed by atoms with Gasteiger partial charge in [0.15, 0.2) is 6.10 Å². The van der Waals surface area contributed by atoms with Crippen molar-refractivity contribution in [3.8, 4) is 11.5 Å². The first kappa shape index (κ1) is 23.6. The van der Waals surface area contributed by atoms with Crippen molar-refractivity contribution in [2.24, 2.45) is 0 Å². The van der Waals surface area contributed by atoms with Gasteiger partial charge in [0, 0.05) is 0 Å². The number of anilines is 1. The number of carbonyl (C=O) groups excluding carboxylic acids is 1. The number of benzene rings is 3. The minimum Gasteiger partial charge on any atom is -0.492 e. The minimum absolute atomic E-state index is 0.128. The van der Waals surface area contributed by atoms with Crippen molar-refractivity contribution in [3.05, 3.63) is 83.4 Å². The molecule has 34 heavy (non-hydrogen) atoms. The quantitative estimate of drug-likeness (QED) is 0.521. The Labute approximate surface area is 200 Å². The molecule has 0 unspecified atom stereocenters. The maximum atomic E-state index is 13.4. The van der Waals surface area contributed by atoms with Crippen molar-refractivity contribution in [2.75, 3.05) is 24.0 Å². The zero-order valence-electron chi connectivity index (χ0n) is 19.4. The van der Waals surface area contributed by atoms with E-state index in [1.54, 1.807) is 42.5 Å². The van der Waals surface area contributed by atoms with Crippen molar-refractivity contribution in [3.63, 3.8) is 0 Å². The number of sulfonamides is 1. The number of hydrogen-bond acceptors (Lipinski definition) is 5. The van der Waals surface area contributed by atoms with Crippen LogP contribution in [0.15, 0.2) is 71.6 Å². The number of ether oxygens (including phenoxy) is 2. The Morgan fingerprint density at radius 2 is 1.71 bits per heavy atom. The van der Waals surface area contributed by atoms with Crippen molar-refractivity contribution in [1.82, 2.24) is 5.32 Å². The molecule has 8 heteroatoms. The molecule has 1 N–H and O–H groups in total. The average Bonchev–Trinajstić information content (AvgIpc) is 2.81. The molecule has 1 aliphatic heterocycles. The van der Waals surface area contributed by atoms with Gasteiger partial charge in [0.2, 0.25) is 0 Å². The lowest BCUT2D eigenvalue weighted by Crippen LogP contribution is -2.51. The summed E-state index contributed by atoms with van der Waals surface area (Å²) in [5, 5.41) is 2.80. The highest BCUT2D eigenvalue weighted by Crippen LogP contribution is 2.37. The average molecular weight is 481 g/mol. The van der Waals surface area contributed by atoms with Gasteiger partial charge in [0.05, 0.1) is 23.7 Å². The summed E-state index contributed by atoms with van der Waals surface area (Å²) in [5.41, 5.74) is 3.51. The molecule has 7 nitrogen and oxygen atoms in total. The first-order valence-corrected chi connectivity index (χ1v) is 12.5. The lowest BCUT2D eigenvalue weighted by Gasteiger charge is -2.35. The zero-order chi connectivity index (χ0) is 24.3. The number of amides is 1. The van der Waals surface area contributed by atoms with E-state index in [1.165, 1.54) is 4.31 Å². The van der Waals surface area contributed by atoms with Crippen molar-refractivity contribution >= 4 is 21.6 Å². The number of nitrogens with zero attached hydrogens (tertiary/aromatic N) is 1. The van der Waals surface area contributed by atoms with E-state index in [4.69, 9.17) is 9.47 Å². The van der Waals surface area contributed by atoms with Crippen LogP contribution >= 0.6 is 0 Å². The summed E-state index contributed by atoms with van der Waals surface area (Å²) in [6.45, 7) is 6.29. The van der Waals surface area contributed by atoms with E-state index >= 15 is 0 Å². The molecule has 0 saturated heterocycles. The Morgan fingerprint density at radius 3 is 2.41 bits per heavy atom. The van der Waals surface area contributed by atoms with Gasteiger partial charge in [-0.3, -0.25) is 9.10 Å². The summed E-state index contributed by atoms with van der Waals surface area (Å²) >= 11 is 0. The molecule has 3 aromatic carbocycles. The molecule has 0 aliphatic carbocycles. The Bertz CT molecular complexity index is 1270. The monoisotopic (exact) mass is 480 g/mol. The number of hydrogen-bond donors (Lipinski definition) is 1. The van der Waals surface area contributed by atoms with Crippen LogP contribution < -0.4 is 19.1 Å². The topological polar surface area (TPSA) is 84.9 Å². The SMILES string of the molecule is Cc1cc(C)cc(OCCNC(=O)[C@@H]2CN(S(=O)(=O)c3ccccc3)c3cc(C)ccc3O2)c1. The second-order valence-corrected chi connectivity index (χ2v) is 10.3. The fourth-order valence-corrected chi connectivity index (χ4v) is 5.41. The van der Waals surface area contributed by atoms with Gasteiger partial charge in [-0.1, -0.05) is 30.3 Å². The summed E-state index contributed by atoms with van der Waals surface area (Å²) < 4.78 is 39.7. The van der Waals surface area contributed by atoms with Gasteiger partial charge in [-0.15, -0.1) is 0 Å². The smallest absolute Gasteiger partial charge is 0.264 e. The fourth-order valence-electron chi connectivity index (χ4n) is 3.92. The molecule has 0 spiro atoms. The van der Waals surface area contributed by atoms with Crippen LogP contribution in [-0.2, 0) is 14.8 Å². The van der Waals surface area contributed by atoms with Gasteiger partial charge >= 0.3 is 0 Å². The van der Waals surface area contributed by atoms with E-state index in [2.05, 4.69) is 11.4 Å². The second kappa shape index (κ2) is 9.77. The molecular weight excluding hydrogens is 452 g/mol. The standard InChI is InChI=1S/C26H28N2O5S/c1-18-9-10-24-23(16-18)28(34(30,31)22-7-5-4-6-8-22)17-25(33-24)26(29)27-11-12-32-21-14-19(2)13-20(3)15-21/h4-10,13-16,25H,11-12,17H2,1-3H3,(H,27,29)/t25-/m0/s1. The Kier molecular flexibility index (Phi) is 6.79. The maximum absolute atomic E-state index is 13.4. The predicted molar refractivity (Wildman–Crippen MR) is 131 cm³/mol. The van der Waals surface area contributed by atoms with Crippen LogP contribution in [0.2, 0.25) is 0 Å². The van der Waals surface area contributed by atoms with Gasteiger partial charge in [0.25, 0.3) is 15.9 Å². The number of fused-ring (bicyclic) bond motifs is 1. The van der Waals surface area contributed by atoms with Crippen LogP contribution in [0, 0.1) is 20.8 Å². The molecule has 0 aromatic heterocycles. The predicted octanol–water partition coefficient (Wildman–Crippen LogP) is 3.76. The maximum Gasteiger partial charge on any atom is 0.264 e. The zero-order valence-corrected chi connectivity index (χ0v) is 20.3. The molecule has 1 heterocycles. The Morgan fingerprint density at radius 1 is 1.00 bits per heavy atom. The minimum atomic E-state index is -3.88. The van der Waals surface area contributed by atoms with Gasteiger partial charge in [0.1, 0.15) is 18.1 Å². The summed E-state index contributed by atoms with van der Waals surface area (Å²) in [6.07, 6.45) is -0.991. The van der Waals surface area contributed by atoms with E-state index in [1.807, 2.05) is 39.0 Å². The van der Waals surface area contributed by atoms with E-state index in [-0.39, 0.29) is 24.6 Å². The summed E-state index contributed by atoms with van der Waals surface area (Å²) in [5.74, 6) is 0.691. The third kappa shape index (κ3) is 5.17. The first-order chi connectivity index (χ1) is 16.2. The third-order valence-electron chi connectivity index (χ3n) is 5.47. The highest BCUT2D eigenvalue weighted by atomic mass is 32.2.